The maximum absolute atomic E-state index is 11.5. The Labute approximate surface area is 106 Å². The summed E-state index contributed by atoms with van der Waals surface area (Å²) in [5.41, 5.74) is 6.70. The van der Waals surface area contributed by atoms with Crippen molar-refractivity contribution in [2.24, 2.45) is 0 Å². The molecule has 1 aromatic carbocycles. The minimum atomic E-state index is -0.938. The zero-order valence-electron chi connectivity index (χ0n) is 8.37. The Kier molecular flexibility index (Phi) is 4.53. The molecule has 0 radical (unpaired) electrons. The van der Waals surface area contributed by atoms with Crippen LogP contribution in [0.25, 0.3) is 0 Å². The Morgan fingerprint density at radius 3 is 2.69 bits per heavy atom. The second kappa shape index (κ2) is 5.69. The predicted octanol–water partition coefficient (Wildman–Crippen LogP) is 1.08. The molecule has 0 aliphatic carbocycles. The Balaban J connectivity index is 2.59. The van der Waals surface area contributed by atoms with E-state index in [-0.39, 0.29) is 18.9 Å². The number of amides is 1. The van der Waals surface area contributed by atoms with Gasteiger partial charge in [0.05, 0.1) is 6.42 Å². The summed E-state index contributed by atoms with van der Waals surface area (Å²) in [7, 11) is 0. The fraction of sp³-hybridized carbons (Fsp3) is 0.200. The monoisotopic (exact) mass is 334 g/mol. The van der Waals surface area contributed by atoms with Gasteiger partial charge < -0.3 is 16.2 Å². The van der Waals surface area contributed by atoms with Crippen LogP contribution in [0.5, 0.6) is 0 Å². The number of nitrogens with two attached hydrogens (primary N) is 1. The first-order chi connectivity index (χ1) is 7.50. The molecule has 0 bridgehead atoms. The molecule has 0 aliphatic rings. The number of carboxylic acid groups (broad SMARTS) is 1. The fourth-order valence-electron chi connectivity index (χ4n) is 1.05. The van der Waals surface area contributed by atoms with Gasteiger partial charge >= 0.3 is 5.97 Å². The van der Waals surface area contributed by atoms with Crippen molar-refractivity contribution in [1.82, 2.24) is 5.32 Å². The van der Waals surface area contributed by atoms with Gasteiger partial charge in [-0.25, -0.2) is 0 Å². The van der Waals surface area contributed by atoms with Crippen LogP contribution in [-0.4, -0.2) is 23.5 Å². The molecule has 0 aliphatic heterocycles. The molecule has 5 nitrogen and oxygen atoms in total. The van der Waals surface area contributed by atoms with E-state index >= 15 is 0 Å². The summed E-state index contributed by atoms with van der Waals surface area (Å²) in [4.78, 5) is 21.8. The number of carbonyl (C=O) groups excluding carboxylic acids is 1. The summed E-state index contributed by atoms with van der Waals surface area (Å²) in [6, 6.07) is 4.91. The summed E-state index contributed by atoms with van der Waals surface area (Å²) in [5, 5.41) is 10.9. The third-order valence-electron chi connectivity index (χ3n) is 1.89. The summed E-state index contributed by atoms with van der Waals surface area (Å²) >= 11 is 2.03. The highest BCUT2D eigenvalue weighted by atomic mass is 127. The van der Waals surface area contributed by atoms with Crippen molar-refractivity contribution in [3.05, 3.63) is 27.3 Å². The number of anilines is 1. The lowest BCUT2D eigenvalue weighted by molar-refractivity contribution is -0.136. The highest BCUT2D eigenvalue weighted by Gasteiger charge is 2.07. The number of nitrogens with one attached hydrogen (secondary N) is 1. The normalized spacial score (nSPS) is 9.81. The minimum Gasteiger partial charge on any atom is -0.481 e. The number of rotatable bonds is 4. The molecule has 0 fully saturated rings. The van der Waals surface area contributed by atoms with Gasteiger partial charge in [0, 0.05) is 21.4 Å². The van der Waals surface area contributed by atoms with E-state index in [0.29, 0.717) is 11.3 Å². The predicted molar refractivity (Wildman–Crippen MR) is 68.2 cm³/mol. The topological polar surface area (TPSA) is 92.4 Å². The molecule has 0 spiro atoms. The van der Waals surface area contributed by atoms with Crippen LogP contribution < -0.4 is 11.1 Å². The van der Waals surface area contributed by atoms with Crippen LogP contribution in [-0.2, 0) is 4.79 Å². The molecule has 0 saturated carbocycles. The molecule has 6 heteroatoms. The number of hydrogen-bond donors (Lipinski definition) is 3. The SMILES string of the molecule is Nc1ccc(C(=O)NCCC(=O)O)cc1I. The lowest BCUT2D eigenvalue weighted by Crippen LogP contribution is -2.26. The van der Waals surface area contributed by atoms with Gasteiger partial charge in [-0.05, 0) is 40.8 Å². The van der Waals surface area contributed by atoms with E-state index in [4.69, 9.17) is 10.8 Å². The van der Waals surface area contributed by atoms with E-state index in [1.165, 1.54) is 0 Å². The number of carbonyl (C=O) groups is 2. The highest BCUT2D eigenvalue weighted by Crippen LogP contribution is 2.16. The van der Waals surface area contributed by atoms with Crippen molar-refractivity contribution < 1.29 is 14.7 Å². The fourth-order valence-corrected chi connectivity index (χ4v) is 1.57. The lowest BCUT2D eigenvalue weighted by Gasteiger charge is -2.05. The first kappa shape index (κ1) is 12.8. The van der Waals surface area contributed by atoms with Crippen molar-refractivity contribution in [3.8, 4) is 0 Å². The van der Waals surface area contributed by atoms with Crippen LogP contribution in [0.15, 0.2) is 18.2 Å². The van der Waals surface area contributed by atoms with Crippen LogP contribution in [0, 0.1) is 3.57 Å². The van der Waals surface area contributed by atoms with Gasteiger partial charge in [0.25, 0.3) is 5.91 Å². The Morgan fingerprint density at radius 2 is 2.12 bits per heavy atom. The summed E-state index contributed by atoms with van der Waals surface area (Å²) in [6.45, 7) is 0.120. The third-order valence-corrected chi connectivity index (χ3v) is 2.82. The molecule has 0 unspecified atom stereocenters. The van der Waals surface area contributed by atoms with E-state index in [1.54, 1.807) is 18.2 Å². The molecule has 0 saturated heterocycles. The van der Waals surface area contributed by atoms with Crippen LogP contribution in [0.2, 0.25) is 0 Å². The zero-order valence-corrected chi connectivity index (χ0v) is 10.5. The Morgan fingerprint density at radius 1 is 1.44 bits per heavy atom. The molecule has 16 heavy (non-hydrogen) atoms. The lowest BCUT2D eigenvalue weighted by atomic mass is 10.2. The smallest absolute Gasteiger partial charge is 0.305 e. The Hall–Kier alpha value is -1.31. The van der Waals surface area contributed by atoms with E-state index in [1.807, 2.05) is 22.6 Å². The number of carboxylic acids is 1. The summed E-state index contributed by atoms with van der Waals surface area (Å²) < 4.78 is 0.795. The second-order valence-corrected chi connectivity index (χ2v) is 4.30. The second-order valence-electron chi connectivity index (χ2n) is 3.14. The molecular formula is C10H11IN2O3. The molecule has 0 atom stereocenters. The quantitative estimate of drug-likeness (QED) is 0.567. The van der Waals surface area contributed by atoms with Gasteiger partial charge in [-0.3, -0.25) is 9.59 Å². The number of aliphatic carboxylic acids is 1. The van der Waals surface area contributed by atoms with Crippen molar-refractivity contribution in [1.29, 1.82) is 0 Å². The number of halogens is 1. The summed E-state index contributed by atoms with van der Waals surface area (Å²) in [6.07, 6.45) is -0.0855. The van der Waals surface area contributed by atoms with E-state index in [2.05, 4.69) is 5.32 Å². The maximum Gasteiger partial charge on any atom is 0.305 e. The van der Waals surface area contributed by atoms with Gasteiger partial charge in [-0.15, -0.1) is 0 Å². The van der Waals surface area contributed by atoms with Crippen LogP contribution in [0.1, 0.15) is 16.8 Å². The van der Waals surface area contributed by atoms with Crippen LogP contribution in [0.3, 0.4) is 0 Å². The number of benzene rings is 1. The van der Waals surface area contributed by atoms with Crippen molar-refractivity contribution in [2.45, 2.75) is 6.42 Å². The molecule has 1 aromatic rings. The third kappa shape index (κ3) is 3.69. The van der Waals surface area contributed by atoms with Gasteiger partial charge in [0.2, 0.25) is 0 Å². The van der Waals surface area contributed by atoms with Crippen molar-refractivity contribution in [2.75, 3.05) is 12.3 Å². The molecule has 4 N–H and O–H groups in total. The van der Waals surface area contributed by atoms with Gasteiger partial charge in [0.1, 0.15) is 0 Å². The van der Waals surface area contributed by atoms with E-state index < -0.39 is 5.97 Å². The van der Waals surface area contributed by atoms with Crippen LogP contribution >= 0.6 is 22.6 Å². The van der Waals surface area contributed by atoms with Crippen molar-refractivity contribution in [3.63, 3.8) is 0 Å². The van der Waals surface area contributed by atoms with Gasteiger partial charge in [-0.2, -0.15) is 0 Å². The minimum absolute atomic E-state index is 0.0855. The van der Waals surface area contributed by atoms with Gasteiger partial charge in [-0.1, -0.05) is 0 Å². The molecule has 1 rings (SSSR count). The molecular weight excluding hydrogens is 323 g/mol. The van der Waals surface area contributed by atoms with Crippen molar-refractivity contribution >= 4 is 40.2 Å². The molecule has 0 heterocycles. The average Bonchev–Trinajstić information content (AvgIpc) is 2.21. The first-order valence-electron chi connectivity index (χ1n) is 4.55. The first-order valence-corrected chi connectivity index (χ1v) is 5.63. The average molecular weight is 334 g/mol. The summed E-state index contributed by atoms with van der Waals surface area (Å²) in [5.74, 6) is -1.23. The standard InChI is InChI=1S/C10H11IN2O3/c11-7-5-6(1-2-8(7)12)10(16)13-4-3-9(14)15/h1-2,5H,3-4,12H2,(H,13,16)(H,14,15). The maximum atomic E-state index is 11.5. The Bertz CT molecular complexity index is 421. The van der Waals surface area contributed by atoms with Crippen LogP contribution in [0.4, 0.5) is 5.69 Å². The number of hydrogen-bond acceptors (Lipinski definition) is 3. The van der Waals surface area contributed by atoms with E-state index in [0.717, 1.165) is 3.57 Å². The van der Waals surface area contributed by atoms with E-state index in [9.17, 15) is 9.59 Å². The largest absolute Gasteiger partial charge is 0.481 e. The highest BCUT2D eigenvalue weighted by molar-refractivity contribution is 14.1. The molecule has 86 valence electrons. The molecule has 0 aromatic heterocycles. The molecule has 1 amide bonds. The number of nitrogen functional groups attached to an aromatic ring is 1. The zero-order chi connectivity index (χ0) is 12.1. The van der Waals surface area contributed by atoms with Gasteiger partial charge in [0.15, 0.2) is 0 Å².